The standard InChI is InChI=1S/C31H29F3N4O4/c1-30(2,3)23-11-7-8-12-24(23)38-25(36-26(39)18-35-28(41)21-9-5-4-6-10-21)17-27(40)37(29(38)42)19-20-13-15-22(16-14-20)31(32,33)34/h4-17H,18-19H2,1-3H3,(H,35,41)(H,36,39). The highest BCUT2D eigenvalue weighted by molar-refractivity contribution is 5.99. The fourth-order valence-corrected chi connectivity index (χ4v) is 4.37. The Morgan fingerprint density at radius 3 is 2.07 bits per heavy atom. The lowest BCUT2D eigenvalue weighted by molar-refractivity contribution is -0.137. The number of halogens is 3. The zero-order valence-corrected chi connectivity index (χ0v) is 23.2. The van der Waals surface area contributed by atoms with Gasteiger partial charge in [0.15, 0.2) is 0 Å². The molecule has 0 aliphatic heterocycles. The van der Waals surface area contributed by atoms with Gasteiger partial charge in [-0.15, -0.1) is 0 Å². The van der Waals surface area contributed by atoms with Gasteiger partial charge in [-0.1, -0.05) is 69.3 Å². The van der Waals surface area contributed by atoms with E-state index in [0.717, 1.165) is 28.3 Å². The first-order valence-electron chi connectivity index (χ1n) is 13.0. The summed E-state index contributed by atoms with van der Waals surface area (Å²) >= 11 is 0. The van der Waals surface area contributed by atoms with Crippen LogP contribution in [0.2, 0.25) is 0 Å². The van der Waals surface area contributed by atoms with Crippen molar-refractivity contribution in [2.24, 2.45) is 0 Å². The summed E-state index contributed by atoms with van der Waals surface area (Å²) in [5.74, 6) is -1.28. The first-order valence-corrected chi connectivity index (χ1v) is 13.0. The predicted octanol–water partition coefficient (Wildman–Crippen LogP) is 4.73. The number of hydrogen-bond acceptors (Lipinski definition) is 4. The highest BCUT2D eigenvalue weighted by Crippen LogP contribution is 2.30. The van der Waals surface area contributed by atoms with E-state index < -0.39 is 46.8 Å². The van der Waals surface area contributed by atoms with Crippen LogP contribution < -0.4 is 21.9 Å². The van der Waals surface area contributed by atoms with Crippen molar-refractivity contribution >= 4 is 17.6 Å². The van der Waals surface area contributed by atoms with Crippen molar-refractivity contribution in [1.29, 1.82) is 0 Å². The van der Waals surface area contributed by atoms with Gasteiger partial charge < -0.3 is 10.6 Å². The van der Waals surface area contributed by atoms with E-state index in [4.69, 9.17) is 0 Å². The molecule has 42 heavy (non-hydrogen) atoms. The van der Waals surface area contributed by atoms with E-state index >= 15 is 0 Å². The van der Waals surface area contributed by atoms with E-state index in [-0.39, 0.29) is 12.4 Å². The second kappa shape index (κ2) is 11.9. The molecule has 8 nitrogen and oxygen atoms in total. The van der Waals surface area contributed by atoms with Gasteiger partial charge in [0.05, 0.1) is 24.3 Å². The maximum absolute atomic E-state index is 13.9. The van der Waals surface area contributed by atoms with Crippen molar-refractivity contribution in [3.8, 4) is 5.69 Å². The van der Waals surface area contributed by atoms with Gasteiger partial charge >= 0.3 is 11.9 Å². The molecule has 2 amide bonds. The van der Waals surface area contributed by atoms with Crippen LogP contribution in [-0.2, 0) is 22.9 Å². The smallest absolute Gasteiger partial charge is 0.343 e. The molecule has 0 bridgehead atoms. The van der Waals surface area contributed by atoms with E-state index in [1.54, 1.807) is 48.5 Å². The summed E-state index contributed by atoms with van der Waals surface area (Å²) in [6.45, 7) is 5.08. The van der Waals surface area contributed by atoms with Crippen LogP contribution >= 0.6 is 0 Å². The molecule has 0 saturated carbocycles. The fraction of sp³-hybridized carbons (Fsp3) is 0.226. The van der Waals surface area contributed by atoms with Crippen molar-refractivity contribution in [2.75, 3.05) is 11.9 Å². The molecule has 218 valence electrons. The summed E-state index contributed by atoms with van der Waals surface area (Å²) < 4.78 is 41.1. The van der Waals surface area contributed by atoms with Crippen LogP contribution in [0.25, 0.3) is 5.69 Å². The third-order valence-electron chi connectivity index (χ3n) is 6.48. The number of rotatable bonds is 7. The number of para-hydroxylation sites is 1. The molecule has 3 aromatic carbocycles. The number of anilines is 1. The van der Waals surface area contributed by atoms with Crippen molar-refractivity contribution in [2.45, 2.75) is 38.9 Å². The third kappa shape index (κ3) is 6.85. The monoisotopic (exact) mass is 578 g/mol. The van der Waals surface area contributed by atoms with Crippen LogP contribution in [0.3, 0.4) is 0 Å². The predicted molar refractivity (Wildman–Crippen MR) is 153 cm³/mol. The number of nitrogens with zero attached hydrogens (tertiary/aromatic N) is 2. The molecule has 0 atom stereocenters. The van der Waals surface area contributed by atoms with Crippen LogP contribution in [0.4, 0.5) is 19.0 Å². The normalized spacial score (nSPS) is 11.7. The first kappa shape index (κ1) is 30.0. The maximum atomic E-state index is 13.9. The lowest BCUT2D eigenvalue weighted by atomic mass is 9.85. The summed E-state index contributed by atoms with van der Waals surface area (Å²) in [5, 5.41) is 5.06. The van der Waals surface area contributed by atoms with Crippen molar-refractivity contribution in [3.63, 3.8) is 0 Å². The van der Waals surface area contributed by atoms with E-state index in [1.807, 2.05) is 26.8 Å². The third-order valence-corrected chi connectivity index (χ3v) is 6.48. The summed E-state index contributed by atoms with van der Waals surface area (Å²) in [6, 6.07) is 20.5. The Kier molecular flexibility index (Phi) is 8.51. The summed E-state index contributed by atoms with van der Waals surface area (Å²) in [6.07, 6.45) is -4.53. The Bertz CT molecular complexity index is 1720. The Balaban J connectivity index is 1.74. The number of hydrogen-bond donors (Lipinski definition) is 2. The molecular formula is C31H29F3N4O4. The number of alkyl halides is 3. The molecule has 11 heteroatoms. The highest BCUT2D eigenvalue weighted by atomic mass is 19.4. The summed E-state index contributed by atoms with van der Waals surface area (Å²) in [7, 11) is 0. The molecule has 4 rings (SSSR count). The van der Waals surface area contributed by atoms with Gasteiger partial charge in [-0.3, -0.25) is 19.0 Å². The minimum Gasteiger partial charge on any atom is -0.343 e. The minimum absolute atomic E-state index is 0.121. The van der Waals surface area contributed by atoms with Gasteiger partial charge in [0.25, 0.3) is 11.5 Å². The van der Waals surface area contributed by atoms with E-state index in [2.05, 4.69) is 10.6 Å². The van der Waals surface area contributed by atoms with Crippen LogP contribution in [-0.4, -0.2) is 27.5 Å². The summed E-state index contributed by atoms with van der Waals surface area (Å²) in [5.41, 5.74) is -1.08. The number of carbonyl (C=O) groups excluding carboxylic acids is 2. The number of carbonyl (C=O) groups is 2. The Hall–Kier alpha value is -4.93. The topological polar surface area (TPSA) is 102 Å². The average molecular weight is 579 g/mol. The van der Waals surface area contributed by atoms with Crippen LogP contribution in [0.5, 0.6) is 0 Å². The molecule has 1 heterocycles. The molecule has 0 spiro atoms. The SMILES string of the molecule is CC(C)(C)c1ccccc1-n1c(NC(=O)CNC(=O)c2ccccc2)cc(=O)n(Cc2ccc(C(F)(F)F)cc2)c1=O. The Labute approximate surface area is 239 Å². The largest absolute Gasteiger partial charge is 0.416 e. The molecule has 0 fully saturated rings. The van der Waals surface area contributed by atoms with Gasteiger partial charge in [0.1, 0.15) is 5.82 Å². The molecule has 0 radical (unpaired) electrons. The number of aromatic nitrogens is 2. The number of nitrogens with one attached hydrogen (secondary N) is 2. The van der Waals surface area contributed by atoms with Crippen molar-refractivity contribution < 1.29 is 22.8 Å². The van der Waals surface area contributed by atoms with Crippen molar-refractivity contribution in [1.82, 2.24) is 14.5 Å². The van der Waals surface area contributed by atoms with E-state index in [1.165, 1.54) is 16.7 Å². The molecule has 4 aromatic rings. The molecule has 1 aromatic heterocycles. The number of amides is 2. The molecule has 0 saturated heterocycles. The lowest BCUT2D eigenvalue weighted by Crippen LogP contribution is -2.42. The van der Waals surface area contributed by atoms with Crippen LogP contribution in [0.15, 0.2) is 94.5 Å². The maximum Gasteiger partial charge on any atom is 0.416 e. The lowest BCUT2D eigenvalue weighted by Gasteiger charge is -2.25. The zero-order chi connectivity index (χ0) is 30.7. The van der Waals surface area contributed by atoms with Gasteiger partial charge in [0, 0.05) is 11.6 Å². The van der Waals surface area contributed by atoms with Gasteiger partial charge in [-0.25, -0.2) is 9.36 Å². The fourth-order valence-electron chi connectivity index (χ4n) is 4.37. The van der Waals surface area contributed by atoms with Crippen LogP contribution in [0.1, 0.15) is 47.8 Å². The molecule has 0 aliphatic rings. The molecule has 0 unspecified atom stereocenters. The summed E-state index contributed by atoms with van der Waals surface area (Å²) in [4.78, 5) is 52.3. The first-order chi connectivity index (χ1) is 19.8. The van der Waals surface area contributed by atoms with Gasteiger partial charge in [-0.2, -0.15) is 13.2 Å². The molecule has 2 N–H and O–H groups in total. The number of benzene rings is 3. The van der Waals surface area contributed by atoms with Crippen molar-refractivity contribution in [3.05, 3.63) is 128 Å². The van der Waals surface area contributed by atoms with Gasteiger partial charge in [-0.05, 0) is 46.9 Å². The second-order valence-electron chi connectivity index (χ2n) is 10.6. The molecular weight excluding hydrogens is 549 g/mol. The highest BCUT2D eigenvalue weighted by Gasteiger charge is 2.30. The second-order valence-corrected chi connectivity index (χ2v) is 10.6. The van der Waals surface area contributed by atoms with E-state index in [9.17, 15) is 32.3 Å². The quantitative estimate of drug-likeness (QED) is 0.331. The minimum atomic E-state index is -4.53. The average Bonchev–Trinajstić information content (AvgIpc) is 2.94. The Morgan fingerprint density at radius 1 is 0.833 bits per heavy atom. The van der Waals surface area contributed by atoms with E-state index in [0.29, 0.717) is 16.8 Å². The van der Waals surface area contributed by atoms with Gasteiger partial charge in [0.2, 0.25) is 5.91 Å². The molecule has 0 aliphatic carbocycles. The zero-order valence-electron chi connectivity index (χ0n) is 23.2. The Morgan fingerprint density at radius 2 is 1.45 bits per heavy atom. The van der Waals surface area contributed by atoms with Crippen LogP contribution in [0, 0.1) is 0 Å².